The molecule has 0 spiro atoms. The van der Waals surface area contributed by atoms with Crippen molar-refractivity contribution in [2.75, 3.05) is 6.61 Å². The van der Waals surface area contributed by atoms with Gasteiger partial charge in [0.1, 0.15) is 6.04 Å². The first kappa shape index (κ1) is 13.5. The SMILES string of the molecule is O=C1N[C@@H](c2ccc(-c3ccccc3)cc2)C(F)(F)CO1. The molecule has 0 bridgehead atoms. The number of carbonyl (C=O) groups excluding carboxylic acids is 1. The van der Waals surface area contributed by atoms with Crippen LogP contribution in [0.2, 0.25) is 0 Å². The zero-order chi connectivity index (χ0) is 14.9. The molecule has 2 aromatic rings. The highest BCUT2D eigenvalue weighted by atomic mass is 19.3. The fraction of sp³-hybridized carbons (Fsp3) is 0.188. The summed E-state index contributed by atoms with van der Waals surface area (Å²) in [6.07, 6.45) is -0.821. The molecule has 5 heteroatoms. The minimum absolute atomic E-state index is 0.358. The lowest BCUT2D eigenvalue weighted by Gasteiger charge is -2.31. The molecule has 1 aliphatic rings. The summed E-state index contributed by atoms with van der Waals surface area (Å²) in [6, 6.07) is 15.0. The van der Waals surface area contributed by atoms with E-state index in [-0.39, 0.29) is 0 Å². The van der Waals surface area contributed by atoms with E-state index in [1.54, 1.807) is 24.3 Å². The second-order valence-corrected chi connectivity index (χ2v) is 4.90. The third-order valence-corrected chi connectivity index (χ3v) is 3.43. The maximum absolute atomic E-state index is 13.8. The van der Waals surface area contributed by atoms with Crippen LogP contribution in [0.3, 0.4) is 0 Å². The molecular weight excluding hydrogens is 276 g/mol. The highest BCUT2D eigenvalue weighted by molar-refractivity contribution is 5.69. The average Bonchev–Trinajstić information content (AvgIpc) is 2.51. The topological polar surface area (TPSA) is 38.3 Å². The van der Waals surface area contributed by atoms with E-state index in [4.69, 9.17) is 0 Å². The number of hydrogen-bond donors (Lipinski definition) is 1. The fourth-order valence-corrected chi connectivity index (χ4v) is 2.34. The van der Waals surface area contributed by atoms with Crippen molar-refractivity contribution in [1.29, 1.82) is 0 Å². The number of amides is 1. The Hall–Kier alpha value is -2.43. The lowest BCUT2D eigenvalue weighted by molar-refractivity contribution is -0.104. The molecule has 1 amide bonds. The van der Waals surface area contributed by atoms with Crippen LogP contribution in [0.4, 0.5) is 13.6 Å². The number of benzene rings is 2. The van der Waals surface area contributed by atoms with Gasteiger partial charge in [-0.2, -0.15) is 0 Å². The van der Waals surface area contributed by atoms with E-state index in [1.165, 1.54) is 0 Å². The van der Waals surface area contributed by atoms with Gasteiger partial charge in [0.25, 0.3) is 0 Å². The van der Waals surface area contributed by atoms with Crippen LogP contribution in [-0.2, 0) is 4.74 Å². The first-order chi connectivity index (χ1) is 10.1. The van der Waals surface area contributed by atoms with Crippen molar-refractivity contribution in [3.63, 3.8) is 0 Å². The van der Waals surface area contributed by atoms with Gasteiger partial charge in [-0.1, -0.05) is 54.6 Å². The standard InChI is InChI=1S/C16H13F2NO2/c17-16(18)10-21-15(20)19-14(16)13-8-6-12(7-9-13)11-4-2-1-3-5-11/h1-9,14H,10H2,(H,19,20)/t14-/m0/s1. The Kier molecular flexibility index (Phi) is 3.33. The summed E-state index contributed by atoms with van der Waals surface area (Å²) in [5.41, 5.74) is 2.30. The summed E-state index contributed by atoms with van der Waals surface area (Å²) in [6.45, 7) is -0.899. The van der Waals surface area contributed by atoms with Crippen molar-refractivity contribution in [3.05, 3.63) is 60.2 Å². The van der Waals surface area contributed by atoms with Crippen LogP contribution >= 0.6 is 0 Å². The lowest BCUT2D eigenvalue weighted by atomic mass is 9.97. The molecule has 0 radical (unpaired) electrons. The smallest absolute Gasteiger partial charge is 0.408 e. The highest BCUT2D eigenvalue weighted by Crippen LogP contribution is 2.35. The summed E-state index contributed by atoms with van der Waals surface area (Å²) in [5, 5.41) is 2.17. The Labute approximate surface area is 120 Å². The van der Waals surface area contributed by atoms with Crippen LogP contribution in [-0.4, -0.2) is 18.6 Å². The quantitative estimate of drug-likeness (QED) is 0.914. The van der Waals surface area contributed by atoms with E-state index in [1.807, 2.05) is 30.3 Å². The Balaban J connectivity index is 1.88. The van der Waals surface area contributed by atoms with E-state index in [2.05, 4.69) is 10.1 Å². The van der Waals surface area contributed by atoms with Crippen LogP contribution in [0.5, 0.6) is 0 Å². The molecule has 3 nitrogen and oxygen atoms in total. The molecular formula is C16H13F2NO2. The zero-order valence-corrected chi connectivity index (χ0v) is 11.1. The van der Waals surface area contributed by atoms with E-state index >= 15 is 0 Å². The van der Waals surface area contributed by atoms with Gasteiger partial charge in [0.2, 0.25) is 0 Å². The van der Waals surface area contributed by atoms with Gasteiger partial charge in [-0.25, -0.2) is 13.6 Å². The number of hydrogen-bond acceptors (Lipinski definition) is 2. The summed E-state index contributed by atoms with van der Waals surface area (Å²) in [4.78, 5) is 11.2. The van der Waals surface area contributed by atoms with E-state index in [0.717, 1.165) is 11.1 Å². The van der Waals surface area contributed by atoms with Crippen molar-refractivity contribution in [2.45, 2.75) is 12.0 Å². The van der Waals surface area contributed by atoms with Crippen molar-refractivity contribution in [3.8, 4) is 11.1 Å². The Bertz CT molecular complexity index is 641. The largest absolute Gasteiger partial charge is 0.443 e. The first-order valence-corrected chi connectivity index (χ1v) is 6.53. The summed E-state index contributed by atoms with van der Waals surface area (Å²) < 4.78 is 32.0. The number of alkyl halides is 2. The van der Waals surface area contributed by atoms with Crippen molar-refractivity contribution in [1.82, 2.24) is 5.32 Å². The van der Waals surface area contributed by atoms with Gasteiger partial charge in [0.05, 0.1) is 0 Å². The molecule has 1 aliphatic heterocycles. The maximum atomic E-state index is 13.8. The minimum atomic E-state index is -3.12. The predicted octanol–water partition coefficient (Wildman–Crippen LogP) is 3.77. The van der Waals surface area contributed by atoms with Gasteiger partial charge < -0.3 is 10.1 Å². The fourth-order valence-electron chi connectivity index (χ4n) is 2.34. The number of cyclic esters (lactones) is 1. The predicted molar refractivity (Wildman–Crippen MR) is 74.0 cm³/mol. The van der Waals surface area contributed by atoms with E-state index in [9.17, 15) is 13.6 Å². The molecule has 1 saturated heterocycles. The molecule has 3 rings (SSSR count). The molecule has 0 aromatic heterocycles. The van der Waals surface area contributed by atoms with E-state index in [0.29, 0.717) is 5.56 Å². The zero-order valence-electron chi connectivity index (χ0n) is 11.1. The molecule has 0 saturated carbocycles. The van der Waals surface area contributed by atoms with Crippen molar-refractivity contribution >= 4 is 6.09 Å². The monoisotopic (exact) mass is 289 g/mol. The van der Waals surface area contributed by atoms with E-state index < -0.39 is 24.7 Å². The van der Waals surface area contributed by atoms with Gasteiger partial charge in [-0.3, -0.25) is 0 Å². The summed E-state index contributed by atoms with van der Waals surface area (Å²) in [5.74, 6) is -3.12. The second-order valence-electron chi connectivity index (χ2n) is 4.90. The molecule has 0 unspecified atom stereocenters. The number of nitrogens with one attached hydrogen (secondary N) is 1. The number of ether oxygens (including phenoxy) is 1. The van der Waals surface area contributed by atoms with Crippen LogP contribution in [0, 0.1) is 0 Å². The highest BCUT2D eigenvalue weighted by Gasteiger charge is 2.46. The third-order valence-electron chi connectivity index (χ3n) is 3.43. The molecule has 1 fully saturated rings. The van der Waals surface area contributed by atoms with Gasteiger partial charge in [-0.15, -0.1) is 0 Å². The molecule has 1 heterocycles. The van der Waals surface area contributed by atoms with Crippen molar-refractivity contribution < 1.29 is 18.3 Å². The molecule has 21 heavy (non-hydrogen) atoms. The molecule has 0 aliphatic carbocycles. The molecule has 2 aromatic carbocycles. The minimum Gasteiger partial charge on any atom is -0.443 e. The number of carbonyl (C=O) groups is 1. The second kappa shape index (κ2) is 5.16. The Morgan fingerprint density at radius 1 is 1.00 bits per heavy atom. The number of alkyl carbamates (subject to hydrolysis) is 1. The van der Waals surface area contributed by atoms with Gasteiger partial charge in [0, 0.05) is 0 Å². The van der Waals surface area contributed by atoms with Gasteiger partial charge in [0.15, 0.2) is 6.61 Å². The Morgan fingerprint density at radius 3 is 2.29 bits per heavy atom. The van der Waals surface area contributed by atoms with Gasteiger partial charge in [-0.05, 0) is 16.7 Å². The van der Waals surface area contributed by atoms with Crippen LogP contribution in [0.1, 0.15) is 11.6 Å². The lowest BCUT2D eigenvalue weighted by Crippen LogP contribution is -2.49. The summed E-state index contributed by atoms with van der Waals surface area (Å²) in [7, 11) is 0. The number of rotatable bonds is 2. The Morgan fingerprint density at radius 2 is 1.62 bits per heavy atom. The van der Waals surface area contributed by atoms with Crippen molar-refractivity contribution in [2.24, 2.45) is 0 Å². The molecule has 108 valence electrons. The van der Waals surface area contributed by atoms with Crippen LogP contribution < -0.4 is 5.32 Å². The molecule has 1 atom stereocenters. The average molecular weight is 289 g/mol. The third kappa shape index (κ3) is 2.72. The first-order valence-electron chi connectivity index (χ1n) is 6.53. The maximum Gasteiger partial charge on any atom is 0.408 e. The number of halogens is 2. The van der Waals surface area contributed by atoms with Crippen LogP contribution in [0.25, 0.3) is 11.1 Å². The molecule has 1 N–H and O–H groups in total. The normalized spacial score (nSPS) is 20.5. The van der Waals surface area contributed by atoms with Crippen LogP contribution in [0.15, 0.2) is 54.6 Å². The van der Waals surface area contributed by atoms with Gasteiger partial charge >= 0.3 is 12.0 Å². The summed E-state index contributed by atoms with van der Waals surface area (Å²) >= 11 is 0.